The molecule has 1 fully saturated rings. The zero-order valence-electron chi connectivity index (χ0n) is 21.0. The number of pyridine rings is 3. The average Bonchev–Trinajstić information content (AvgIpc) is 2.86. The third-order valence-corrected chi connectivity index (χ3v) is 6.99. The Labute approximate surface area is 218 Å². The molecule has 4 aromatic rings. The minimum absolute atomic E-state index is 0.0124. The number of aromatic nitrogens is 5. The van der Waals surface area contributed by atoms with E-state index in [2.05, 4.69) is 44.7 Å². The summed E-state index contributed by atoms with van der Waals surface area (Å²) in [5.74, 6) is -0.148. The molecule has 4 aromatic heterocycles. The van der Waals surface area contributed by atoms with Crippen LogP contribution < -0.4 is 16.0 Å². The van der Waals surface area contributed by atoms with E-state index in [0.29, 0.717) is 22.7 Å². The third kappa shape index (κ3) is 4.58. The van der Waals surface area contributed by atoms with E-state index >= 15 is 0 Å². The molecule has 0 unspecified atom stereocenters. The smallest absolute Gasteiger partial charge is 0.168 e. The Morgan fingerprint density at radius 1 is 1.05 bits per heavy atom. The van der Waals surface area contributed by atoms with Gasteiger partial charge >= 0.3 is 0 Å². The quantitative estimate of drug-likeness (QED) is 0.322. The summed E-state index contributed by atoms with van der Waals surface area (Å²) in [5, 5.41) is 10.9. The van der Waals surface area contributed by atoms with Crippen molar-refractivity contribution in [1.29, 1.82) is 0 Å². The van der Waals surface area contributed by atoms with Gasteiger partial charge in [0.15, 0.2) is 17.5 Å². The van der Waals surface area contributed by atoms with Gasteiger partial charge in [0.25, 0.3) is 0 Å². The number of hydrogen-bond donors (Lipinski definition) is 3. The van der Waals surface area contributed by atoms with Crippen LogP contribution >= 0.6 is 0 Å². The molecular formula is C28H26F2N8. The second-order valence-corrected chi connectivity index (χ2v) is 10.1. The Morgan fingerprint density at radius 3 is 2.68 bits per heavy atom. The second-order valence-electron chi connectivity index (χ2n) is 10.1. The number of piperidine rings is 1. The lowest BCUT2D eigenvalue weighted by Crippen LogP contribution is -2.49. The van der Waals surface area contributed by atoms with Crippen LogP contribution in [0.25, 0.3) is 27.9 Å². The van der Waals surface area contributed by atoms with Crippen LogP contribution in [-0.2, 0) is 0 Å². The summed E-state index contributed by atoms with van der Waals surface area (Å²) in [7, 11) is 0. The van der Waals surface area contributed by atoms with Gasteiger partial charge < -0.3 is 16.0 Å². The molecule has 2 aliphatic rings. The monoisotopic (exact) mass is 512 g/mol. The van der Waals surface area contributed by atoms with Gasteiger partial charge in [-0.3, -0.25) is 4.98 Å². The van der Waals surface area contributed by atoms with Crippen molar-refractivity contribution in [1.82, 2.24) is 30.2 Å². The van der Waals surface area contributed by atoms with E-state index in [9.17, 15) is 8.78 Å². The molecule has 0 amide bonds. The molecule has 0 spiro atoms. The van der Waals surface area contributed by atoms with Gasteiger partial charge in [0.2, 0.25) is 0 Å². The van der Waals surface area contributed by atoms with Crippen molar-refractivity contribution in [2.45, 2.75) is 26.3 Å². The molecule has 1 aliphatic heterocycles. The molecule has 0 radical (unpaired) electrons. The third-order valence-electron chi connectivity index (χ3n) is 6.99. The van der Waals surface area contributed by atoms with E-state index < -0.39 is 11.6 Å². The summed E-state index contributed by atoms with van der Waals surface area (Å²) in [4.78, 5) is 22.3. The minimum Gasteiger partial charge on any atom is -0.366 e. The van der Waals surface area contributed by atoms with E-state index in [1.165, 1.54) is 0 Å². The lowest BCUT2D eigenvalue weighted by Gasteiger charge is -2.40. The summed E-state index contributed by atoms with van der Waals surface area (Å²) < 4.78 is 27.4. The molecule has 1 aliphatic carbocycles. The van der Waals surface area contributed by atoms with Crippen molar-refractivity contribution >= 4 is 33.9 Å². The van der Waals surface area contributed by atoms with Gasteiger partial charge in [0.1, 0.15) is 17.5 Å². The van der Waals surface area contributed by atoms with E-state index in [1.54, 1.807) is 24.5 Å². The van der Waals surface area contributed by atoms with Crippen molar-refractivity contribution in [2.24, 2.45) is 5.41 Å². The Bertz CT molecular complexity index is 1600. The molecule has 1 saturated heterocycles. The highest BCUT2D eigenvalue weighted by atomic mass is 19.1. The van der Waals surface area contributed by atoms with Crippen molar-refractivity contribution in [2.75, 3.05) is 23.7 Å². The number of fused-ring (bicyclic) bond motifs is 1. The molecule has 0 aromatic carbocycles. The lowest BCUT2D eigenvalue weighted by atomic mass is 9.80. The van der Waals surface area contributed by atoms with Gasteiger partial charge in [-0.1, -0.05) is 32.1 Å². The van der Waals surface area contributed by atoms with Crippen molar-refractivity contribution in [3.05, 3.63) is 78.4 Å². The first-order valence-electron chi connectivity index (χ1n) is 12.4. The van der Waals surface area contributed by atoms with Crippen LogP contribution in [0.5, 0.6) is 0 Å². The molecule has 10 heteroatoms. The van der Waals surface area contributed by atoms with Crippen molar-refractivity contribution in [3.63, 3.8) is 0 Å². The van der Waals surface area contributed by atoms with Gasteiger partial charge in [0, 0.05) is 42.2 Å². The SMILES string of the molecule is CC1(C)CNCC[C@@H]1Nc1nc(-c2ccnc(Nc3ncc(F)cc3F)c2)nc2cncc(C3=CC=C3)c12. The molecule has 8 nitrogen and oxygen atoms in total. The van der Waals surface area contributed by atoms with Gasteiger partial charge in [-0.25, -0.2) is 28.7 Å². The van der Waals surface area contributed by atoms with Crippen LogP contribution in [0.4, 0.5) is 26.2 Å². The van der Waals surface area contributed by atoms with E-state index in [4.69, 9.17) is 9.97 Å². The summed E-state index contributed by atoms with van der Waals surface area (Å²) in [6, 6.07) is 4.46. The first-order chi connectivity index (χ1) is 18.4. The highest BCUT2D eigenvalue weighted by Crippen LogP contribution is 2.36. The summed E-state index contributed by atoms with van der Waals surface area (Å²) in [5.41, 5.74) is 3.45. The van der Waals surface area contributed by atoms with Crippen LogP contribution in [0.1, 0.15) is 25.8 Å². The Hall–Kier alpha value is -4.31. The van der Waals surface area contributed by atoms with Crippen LogP contribution in [0, 0.1) is 17.0 Å². The number of anilines is 3. The number of halogens is 2. The molecule has 1 atom stereocenters. The van der Waals surface area contributed by atoms with Crippen LogP contribution in [-0.4, -0.2) is 44.1 Å². The Balaban J connectivity index is 1.43. The van der Waals surface area contributed by atoms with Gasteiger partial charge in [-0.15, -0.1) is 0 Å². The maximum atomic E-state index is 14.2. The van der Waals surface area contributed by atoms with Crippen LogP contribution in [0.15, 0.2) is 61.2 Å². The van der Waals surface area contributed by atoms with E-state index in [0.717, 1.165) is 54.1 Å². The number of allylic oxidation sites excluding steroid dienone is 4. The Morgan fingerprint density at radius 2 is 1.92 bits per heavy atom. The predicted octanol–water partition coefficient (Wildman–Crippen LogP) is 5.26. The van der Waals surface area contributed by atoms with Gasteiger partial charge in [0.05, 0.1) is 23.3 Å². The minimum atomic E-state index is -0.812. The molecule has 6 rings (SSSR count). The van der Waals surface area contributed by atoms with Gasteiger partial charge in [-0.2, -0.15) is 0 Å². The Kier molecular flexibility index (Phi) is 6.03. The lowest BCUT2D eigenvalue weighted by molar-refractivity contribution is 0.236. The fourth-order valence-electron chi connectivity index (χ4n) is 4.78. The maximum absolute atomic E-state index is 14.2. The molecule has 0 saturated carbocycles. The highest BCUT2D eigenvalue weighted by molar-refractivity contribution is 6.02. The number of hydrogen-bond acceptors (Lipinski definition) is 8. The van der Waals surface area contributed by atoms with Crippen molar-refractivity contribution in [3.8, 4) is 11.4 Å². The van der Waals surface area contributed by atoms with Crippen LogP contribution in [0.3, 0.4) is 0 Å². The summed E-state index contributed by atoms with van der Waals surface area (Å²) >= 11 is 0. The van der Waals surface area contributed by atoms with E-state index in [1.807, 2.05) is 24.4 Å². The number of nitrogens with zero attached hydrogens (tertiary/aromatic N) is 5. The summed E-state index contributed by atoms with van der Waals surface area (Å²) in [6.07, 6.45) is 13.2. The second kappa shape index (κ2) is 9.53. The predicted molar refractivity (Wildman–Crippen MR) is 144 cm³/mol. The average molecular weight is 513 g/mol. The van der Waals surface area contributed by atoms with E-state index in [-0.39, 0.29) is 17.3 Å². The molecule has 38 heavy (non-hydrogen) atoms. The highest BCUT2D eigenvalue weighted by Gasteiger charge is 2.33. The molecular weight excluding hydrogens is 486 g/mol. The number of nitrogens with one attached hydrogen (secondary N) is 3. The standard InChI is InChI=1S/C28H26F2N8/c1-28(2)15-31-8-7-22(28)36-27-24-19(16-4-3-5-16)13-32-14-21(24)35-25(38-27)17-6-9-33-23(10-17)37-26-20(30)11-18(29)12-34-26/h3-6,9-14,22,31H,7-8,15H2,1-2H3,(H,33,34,37)(H,35,36,38)/t22-/m0/s1. The van der Waals surface area contributed by atoms with Crippen molar-refractivity contribution < 1.29 is 8.78 Å². The molecule has 0 bridgehead atoms. The number of rotatable bonds is 6. The molecule has 3 N–H and O–H groups in total. The molecule has 5 heterocycles. The fourth-order valence-corrected chi connectivity index (χ4v) is 4.78. The normalized spacial score (nSPS) is 18.1. The summed E-state index contributed by atoms with van der Waals surface area (Å²) in [6.45, 7) is 6.30. The largest absolute Gasteiger partial charge is 0.366 e. The first-order valence-corrected chi connectivity index (χ1v) is 12.4. The van der Waals surface area contributed by atoms with Gasteiger partial charge in [-0.05, 0) is 36.1 Å². The fraction of sp³-hybridized carbons (Fsp3) is 0.250. The molecule has 192 valence electrons. The maximum Gasteiger partial charge on any atom is 0.168 e. The topological polar surface area (TPSA) is 101 Å². The zero-order valence-corrected chi connectivity index (χ0v) is 21.0. The zero-order chi connectivity index (χ0) is 26.3. The first kappa shape index (κ1) is 24.1. The van der Waals surface area contributed by atoms with Crippen LogP contribution in [0.2, 0.25) is 0 Å².